The minimum atomic E-state index is 0.843. The van der Waals surface area contributed by atoms with E-state index in [1.807, 2.05) is 18.3 Å². The number of benzene rings is 2. The van der Waals surface area contributed by atoms with Crippen molar-refractivity contribution in [1.29, 1.82) is 0 Å². The summed E-state index contributed by atoms with van der Waals surface area (Å²) in [5.74, 6) is 0.973. The zero-order valence-electron chi connectivity index (χ0n) is 11.3. The monoisotopic (exact) mass is 326 g/mol. The highest BCUT2D eigenvalue weighted by molar-refractivity contribution is 9.10. The summed E-state index contributed by atoms with van der Waals surface area (Å²) in [6, 6.07) is 19.0. The van der Waals surface area contributed by atoms with Crippen molar-refractivity contribution >= 4 is 32.5 Å². The van der Waals surface area contributed by atoms with Crippen LogP contribution in [0.15, 0.2) is 65.3 Å². The zero-order chi connectivity index (χ0) is 13.9. The fourth-order valence-corrected chi connectivity index (χ4v) is 2.60. The molecule has 0 aliphatic heterocycles. The summed E-state index contributed by atoms with van der Waals surface area (Å²) in [5.41, 5.74) is 1.32. The Morgan fingerprint density at radius 2 is 1.80 bits per heavy atom. The normalized spacial score (nSPS) is 10.7. The van der Waals surface area contributed by atoms with Gasteiger partial charge in [0.1, 0.15) is 5.82 Å². The van der Waals surface area contributed by atoms with Crippen LogP contribution in [0, 0.1) is 0 Å². The second-order valence-electron chi connectivity index (χ2n) is 4.83. The zero-order valence-corrected chi connectivity index (χ0v) is 12.8. The predicted octanol–water partition coefficient (Wildman–Crippen LogP) is 4.63. The molecule has 0 N–H and O–H groups in total. The Morgan fingerprint density at radius 1 is 1.00 bits per heavy atom. The Balaban J connectivity index is 1.91. The van der Waals surface area contributed by atoms with E-state index in [-0.39, 0.29) is 0 Å². The van der Waals surface area contributed by atoms with Gasteiger partial charge < -0.3 is 4.90 Å². The van der Waals surface area contributed by atoms with Crippen molar-refractivity contribution in [3.8, 4) is 0 Å². The van der Waals surface area contributed by atoms with Gasteiger partial charge in [-0.15, -0.1) is 0 Å². The number of pyridine rings is 1. The number of fused-ring (bicyclic) bond motifs is 1. The summed E-state index contributed by atoms with van der Waals surface area (Å²) in [7, 11) is 2.07. The molecule has 3 aromatic rings. The minimum Gasteiger partial charge on any atom is -0.355 e. The molecular weight excluding hydrogens is 312 g/mol. The summed E-state index contributed by atoms with van der Waals surface area (Å²) >= 11 is 3.41. The number of hydrogen-bond donors (Lipinski definition) is 0. The minimum absolute atomic E-state index is 0.843. The van der Waals surface area contributed by atoms with E-state index in [9.17, 15) is 0 Å². The number of halogens is 1. The van der Waals surface area contributed by atoms with E-state index in [1.54, 1.807) is 0 Å². The van der Waals surface area contributed by atoms with E-state index in [0.29, 0.717) is 0 Å². The molecule has 3 heteroatoms. The van der Waals surface area contributed by atoms with Crippen molar-refractivity contribution in [3.05, 3.63) is 70.8 Å². The predicted molar refractivity (Wildman–Crippen MR) is 88.0 cm³/mol. The first-order valence-corrected chi connectivity index (χ1v) is 7.33. The first kappa shape index (κ1) is 13.1. The molecule has 0 radical (unpaired) electrons. The Labute approximate surface area is 127 Å². The molecule has 100 valence electrons. The van der Waals surface area contributed by atoms with Crippen LogP contribution in [0.3, 0.4) is 0 Å². The quantitative estimate of drug-likeness (QED) is 0.697. The maximum atomic E-state index is 4.43. The van der Waals surface area contributed by atoms with Crippen LogP contribution >= 0.6 is 15.9 Å². The lowest BCUT2D eigenvalue weighted by atomic mass is 10.0. The molecule has 0 spiro atoms. The number of nitrogens with zero attached hydrogens (tertiary/aromatic N) is 2. The van der Waals surface area contributed by atoms with Crippen molar-refractivity contribution in [2.24, 2.45) is 0 Å². The molecule has 0 saturated heterocycles. The summed E-state index contributed by atoms with van der Waals surface area (Å²) in [5, 5.41) is 2.58. The Kier molecular flexibility index (Phi) is 3.70. The van der Waals surface area contributed by atoms with Crippen LogP contribution in [0.1, 0.15) is 5.56 Å². The molecule has 20 heavy (non-hydrogen) atoms. The maximum absolute atomic E-state index is 4.43. The Hall–Kier alpha value is -1.87. The molecule has 0 aliphatic carbocycles. The van der Waals surface area contributed by atoms with E-state index in [2.05, 4.69) is 75.3 Å². The standard InChI is InChI=1S/C17H15BrN2/c1-20(17-10-9-15(18)11-19-17)12-14-7-4-6-13-5-2-3-8-16(13)14/h2-11H,12H2,1H3. The van der Waals surface area contributed by atoms with Gasteiger partial charge >= 0.3 is 0 Å². The average molecular weight is 327 g/mol. The van der Waals surface area contributed by atoms with Crippen molar-refractivity contribution in [2.45, 2.75) is 6.54 Å². The van der Waals surface area contributed by atoms with E-state index in [4.69, 9.17) is 0 Å². The summed E-state index contributed by atoms with van der Waals surface area (Å²) in [6.07, 6.45) is 1.83. The number of hydrogen-bond acceptors (Lipinski definition) is 2. The fourth-order valence-electron chi connectivity index (χ4n) is 2.36. The Morgan fingerprint density at radius 3 is 2.60 bits per heavy atom. The lowest BCUT2D eigenvalue weighted by Gasteiger charge is -2.19. The van der Waals surface area contributed by atoms with Crippen LogP contribution in [0.25, 0.3) is 10.8 Å². The molecule has 0 fully saturated rings. The summed E-state index contributed by atoms with van der Waals surface area (Å²) < 4.78 is 1.000. The van der Waals surface area contributed by atoms with Gasteiger partial charge in [0.25, 0.3) is 0 Å². The van der Waals surface area contributed by atoms with E-state index in [1.165, 1.54) is 16.3 Å². The second kappa shape index (κ2) is 5.63. The fraction of sp³-hybridized carbons (Fsp3) is 0.118. The molecule has 0 aliphatic rings. The lowest BCUT2D eigenvalue weighted by molar-refractivity contribution is 0.903. The van der Waals surface area contributed by atoms with Crippen LogP contribution in [-0.4, -0.2) is 12.0 Å². The first-order valence-electron chi connectivity index (χ1n) is 6.53. The van der Waals surface area contributed by atoms with Gasteiger partial charge in [-0.3, -0.25) is 0 Å². The SMILES string of the molecule is CN(Cc1cccc2ccccc12)c1ccc(Br)cn1. The van der Waals surface area contributed by atoms with Gasteiger partial charge in [-0.2, -0.15) is 0 Å². The molecule has 2 aromatic carbocycles. The molecule has 3 rings (SSSR count). The van der Waals surface area contributed by atoms with Crippen LogP contribution in [0.2, 0.25) is 0 Å². The Bertz CT molecular complexity index is 717. The molecule has 1 aromatic heterocycles. The third-order valence-electron chi connectivity index (χ3n) is 3.39. The van der Waals surface area contributed by atoms with Gasteiger partial charge in [-0.1, -0.05) is 42.5 Å². The second-order valence-corrected chi connectivity index (χ2v) is 5.74. The molecule has 0 amide bonds. The third-order valence-corrected chi connectivity index (χ3v) is 3.86. The van der Waals surface area contributed by atoms with Crippen LogP contribution in [0.5, 0.6) is 0 Å². The van der Waals surface area contributed by atoms with Crippen molar-refractivity contribution in [2.75, 3.05) is 11.9 Å². The largest absolute Gasteiger partial charge is 0.355 e. The van der Waals surface area contributed by atoms with E-state index >= 15 is 0 Å². The number of anilines is 1. The molecule has 2 nitrogen and oxygen atoms in total. The first-order chi connectivity index (χ1) is 9.74. The van der Waals surface area contributed by atoms with E-state index in [0.717, 1.165) is 16.8 Å². The molecule has 0 unspecified atom stereocenters. The van der Waals surface area contributed by atoms with Gasteiger partial charge in [-0.25, -0.2) is 4.98 Å². The average Bonchev–Trinajstić information content (AvgIpc) is 2.48. The molecule has 0 atom stereocenters. The highest BCUT2D eigenvalue weighted by Gasteiger charge is 2.06. The summed E-state index contributed by atoms with van der Waals surface area (Å²) in [6.45, 7) is 0.843. The van der Waals surface area contributed by atoms with Gasteiger partial charge in [-0.05, 0) is 44.4 Å². The van der Waals surface area contributed by atoms with Crippen molar-refractivity contribution < 1.29 is 0 Å². The van der Waals surface area contributed by atoms with Crippen LogP contribution in [-0.2, 0) is 6.54 Å². The number of rotatable bonds is 3. The lowest BCUT2D eigenvalue weighted by Crippen LogP contribution is -2.17. The van der Waals surface area contributed by atoms with Gasteiger partial charge in [0.2, 0.25) is 0 Å². The summed E-state index contributed by atoms with van der Waals surface area (Å²) in [4.78, 5) is 6.59. The smallest absolute Gasteiger partial charge is 0.128 e. The van der Waals surface area contributed by atoms with Crippen LogP contribution in [0.4, 0.5) is 5.82 Å². The van der Waals surface area contributed by atoms with Gasteiger partial charge in [0.05, 0.1) is 0 Å². The molecule has 0 saturated carbocycles. The van der Waals surface area contributed by atoms with Crippen LogP contribution < -0.4 is 4.90 Å². The molecule has 0 bridgehead atoms. The maximum Gasteiger partial charge on any atom is 0.128 e. The number of aromatic nitrogens is 1. The third kappa shape index (κ3) is 2.68. The van der Waals surface area contributed by atoms with Crippen molar-refractivity contribution in [3.63, 3.8) is 0 Å². The molecule has 1 heterocycles. The highest BCUT2D eigenvalue weighted by atomic mass is 79.9. The van der Waals surface area contributed by atoms with Gasteiger partial charge in [0, 0.05) is 24.3 Å². The van der Waals surface area contributed by atoms with E-state index < -0.39 is 0 Å². The highest BCUT2D eigenvalue weighted by Crippen LogP contribution is 2.22. The topological polar surface area (TPSA) is 16.1 Å². The molecular formula is C17H15BrN2. The van der Waals surface area contributed by atoms with Crippen molar-refractivity contribution in [1.82, 2.24) is 4.98 Å². The van der Waals surface area contributed by atoms with Gasteiger partial charge in [0.15, 0.2) is 0 Å².